The average Bonchev–Trinajstić information content (AvgIpc) is 3.21. The van der Waals surface area contributed by atoms with Crippen molar-refractivity contribution in [2.75, 3.05) is 4.90 Å². The predicted octanol–water partition coefficient (Wildman–Crippen LogP) is 7.56. The fourth-order valence-electron chi connectivity index (χ4n) is 4.57. The number of nitrogens with zero attached hydrogens (tertiary/aromatic N) is 1. The zero-order valence-electron chi connectivity index (χ0n) is 22.2. The van der Waals surface area contributed by atoms with Crippen molar-refractivity contribution in [1.82, 2.24) is 0 Å². The largest absolute Gasteiger partial charge is 0.445 e. The summed E-state index contributed by atoms with van der Waals surface area (Å²) in [5.41, 5.74) is 0.600. The SMILES string of the molecule is Cc1ccc(C(=O)[C@H](OC(=O)c2ccc3c(c2)C(=O)N(c2cc(C(F)(F)F)ccc2Cl)C3=O)c2ccccc2)cc1C. The number of alkyl halides is 3. The molecule has 4 aromatic carbocycles. The minimum atomic E-state index is -4.74. The van der Waals surface area contributed by atoms with Crippen LogP contribution in [0.5, 0.6) is 0 Å². The van der Waals surface area contributed by atoms with Gasteiger partial charge in [0.15, 0.2) is 6.10 Å². The molecule has 6 nitrogen and oxygen atoms in total. The molecule has 0 unspecified atom stereocenters. The van der Waals surface area contributed by atoms with Crippen molar-refractivity contribution in [3.05, 3.63) is 134 Å². The first kappa shape index (κ1) is 28.8. The number of ketones is 1. The van der Waals surface area contributed by atoms with Gasteiger partial charge in [0.25, 0.3) is 11.8 Å². The lowest BCUT2D eigenvalue weighted by atomic mass is 9.97. The number of rotatable bonds is 6. The Bertz CT molecular complexity index is 1770. The second-order valence-corrected chi connectivity index (χ2v) is 10.1. The first-order valence-electron chi connectivity index (χ1n) is 12.6. The summed E-state index contributed by atoms with van der Waals surface area (Å²) >= 11 is 6.08. The van der Waals surface area contributed by atoms with Crippen molar-refractivity contribution in [2.45, 2.75) is 26.1 Å². The molecular weight excluding hydrogens is 571 g/mol. The second kappa shape index (κ2) is 10.9. The van der Waals surface area contributed by atoms with E-state index in [1.54, 1.807) is 48.5 Å². The van der Waals surface area contributed by atoms with Crippen LogP contribution in [0.15, 0.2) is 84.9 Å². The highest BCUT2D eigenvalue weighted by atomic mass is 35.5. The number of halogens is 4. The molecule has 10 heteroatoms. The van der Waals surface area contributed by atoms with Gasteiger partial charge in [-0.05, 0) is 67.4 Å². The molecule has 0 N–H and O–H groups in total. The van der Waals surface area contributed by atoms with Crippen LogP contribution in [0.2, 0.25) is 5.02 Å². The molecule has 0 spiro atoms. The molecule has 0 aromatic heterocycles. The molecular formula is C32H21ClF3NO5. The Morgan fingerprint density at radius 2 is 1.45 bits per heavy atom. The molecule has 0 fully saturated rings. The molecule has 0 aliphatic carbocycles. The zero-order chi connectivity index (χ0) is 30.3. The number of anilines is 1. The Hall–Kier alpha value is -4.76. The summed E-state index contributed by atoms with van der Waals surface area (Å²) < 4.78 is 45.6. The van der Waals surface area contributed by atoms with Crippen molar-refractivity contribution in [1.29, 1.82) is 0 Å². The number of hydrogen-bond acceptors (Lipinski definition) is 5. The monoisotopic (exact) mass is 591 g/mol. The number of carbonyl (C=O) groups is 4. The number of benzene rings is 4. The van der Waals surface area contributed by atoms with Gasteiger partial charge in [0, 0.05) is 11.1 Å². The topological polar surface area (TPSA) is 80.8 Å². The number of fused-ring (bicyclic) bond motifs is 1. The molecule has 212 valence electrons. The van der Waals surface area contributed by atoms with Crippen LogP contribution in [-0.2, 0) is 10.9 Å². The summed E-state index contributed by atoms with van der Waals surface area (Å²) in [5, 5.41) is -0.243. The summed E-state index contributed by atoms with van der Waals surface area (Å²) in [6, 6.07) is 19.4. The van der Waals surface area contributed by atoms with E-state index in [-0.39, 0.29) is 21.7 Å². The standard InChI is InChI=1S/C32H21ClF3NO5/c1-17-8-9-20(14-18(17)2)27(38)28(19-6-4-3-5-7-19)42-31(41)21-10-12-23-24(15-21)30(40)37(29(23)39)26-16-22(32(34,35)36)11-13-25(26)33/h3-16,28H,1-2H3/t28-/m1/s1. The van der Waals surface area contributed by atoms with Crippen LogP contribution in [0.25, 0.3) is 0 Å². The highest BCUT2D eigenvalue weighted by Gasteiger charge is 2.40. The van der Waals surface area contributed by atoms with E-state index in [0.717, 1.165) is 29.3 Å². The lowest BCUT2D eigenvalue weighted by molar-refractivity contribution is -0.137. The third-order valence-corrected chi connectivity index (χ3v) is 7.31. The van der Waals surface area contributed by atoms with Gasteiger partial charge in [0.2, 0.25) is 5.78 Å². The van der Waals surface area contributed by atoms with Gasteiger partial charge in [-0.1, -0.05) is 54.1 Å². The number of carbonyl (C=O) groups excluding carboxylic acids is 4. The number of imide groups is 1. The van der Waals surface area contributed by atoms with Crippen LogP contribution in [0.3, 0.4) is 0 Å². The van der Waals surface area contributed by atoms with Crippen LogP contribution in [0.1, 0.15) is 69.8 Å². The minimum Gasteiger partial charge on any atom is -0.445 e. The number of esters is 1. The van der Waals surface area contributed by atoms with Crippen molar-refractivity contribution < 1.29 is 37.1 Å². The molecule has 0 radical (unpaired) electrons. The maximum atomic E-state index is 13.5. The summed E-state index contributed by atoms with van der Waals surface area (Å²) in [4.78, 5) is 53.7. The van der Waals surface area contributed by atoms with Crippen molar-refractivity contribution in [3.63, 3.8) is 0 Å². The Labute approximate surface area is 243 Å². The van der Waals surface area contributed by atoms with E-state index in [2.05, 4.69) is 0 Å². The molecule has 0 saturated carbocycles. The zero-order valence-corrected chi connectivity index (χ0v) is 22.9. The van der Waals surface area contributed by atoms with Gasteiger partial charge in [-0.15, -0.1) is 0 Å². The van der Waals surface area contributed by atoms with Crippen LogP contribution < -0.4 is 4.90 Å². The van der Waals surface area contributed by atoms with E-state index in [1.165, 1.54) is 12.1 Å². The fraction of sp³-hybridized carbons (Fsp3) is 0.125. The molecule has 1 heterocycles. The van der Waals surface area contributed by atoms with Crippen LogP contribution in [0, 0.1) is 13.8 Å². The van der Waals surface area contributed by atoms with Gasteiger partial charge in [0.05, 0.1) is 33.0 Å². The van der Waals surface area contributed by atoms with Crippen molar-refractivity contribution >= 4 is 40.9 Å². The van der Waals surface area contributed by atoms with E-state index in [4.69, 9.17) is 16.3 Å². The van der Waals surface area contributed by atoms with Gasteiger partial charge < -0.3 is 4.74 Å². The molecule has 2 amide bonds. The lowest BCUT2D eigenvalue weighted by Gasteiger charge is -2.18. The minimum absolute atomic E-state index is 0.129. The van der Waals surface area contributed by atoms with Gasteiger partial charge in [-0.25, -0.2) is 9.69 Å². The highest BCUT2D eigenvalue weighted by molar-refractivity contribution is 6.40. The normalized spacial score (nSPS) is 13.6. The quantitative estimate of drug-likeness (QED) is 0.131. The van der Waals surface area contributed by atoms with Gasteiger partial charge >= 0.3 is 12.1 Å². The predicted molar refractivity (Wildman–Crippen MR) is 149 cm³/mol. The van der Waals surface area contributed by atoms with Crippen molar-refractivity contribution in [3.8, 4) is 0 Å². The number of amides is 2. The Morgan fingerprint density at radius 3 is 2.12 bits per heavy atom. The van der Waals surface area contributed by atoms with Crippen LogP contribution in [-0.4, -0.2) is 23.6 Å². The van der Waals surface area contributed by atoms with Gasteiger partial charge in [-0.2, -0.15) is 13.2 Å². The Balaban J connectivity index is 1.46. The molecule has 0 bridgehead atoms. The van der Waals surface area contributed by atoms with Gasteiger partial charge in [-0.3, -0.25) is 14.4 Å². The molecule has 4 aromatic rings. The molecule has 1 aliphatic rings. The second-order valence-electron chi connectivity index (χ2n) is 9.73. The summed E-state index contributed by atoms with van der Waals surface area (Å²) in [6.45, 7) is 3.76. The molecule has 1 aliphatic heterocycles. The van der Waals surface area contributed by atoms with Gasteiger partial charge in [0.1, 0.15) is 0 Å². The number of aryl methyl sites for hydroxylation is 2. The van der Waals surface area contributed by atoms with Crippen LogP contribution >= 0.6 is 11.6 Å². The molecule has 5 rings (SSSR count). The summed E-state index contributed by atoms with van der Waals surface area (Å²) in [6.07, 6.45) is -6.05. The maximum Gasteiger partial charge on any atom is 0.416 e. The van der Waals surface area contributed by atoms with E-state index < -0.39 is 47.1 Å². The smallest absolute Gasteiger partial charge is 0.416 e. The maximum absolute atomic E-state index is 13.5. The number of Topliss-reactive ketones (excluding diaryl/α,β-unsaturated/α-hetero) is 1. The fourth-order valence-corrected chi connectivity index (χ4v) is 4.77. The average molecular weight is 592 g/mol. The summed E-state index contributed by atoms with van der Waals surface area (Å²) in [7, 11) is 0. The van der Waals surface area contributed by atoms with Crippen LogP contribution in [0.4, 0.5) is 18.9 Å². The first-order valence-corrected chi connectivity index (χ1v) is 13.0. The van der Waals surface area contributed by atoms with E-state index in [1.807, 2.05) is 13.8 Å². The summed E-state index contributed by atoms with van der Waals surface area (Å²) in [5.74, 6) is -3.27. The number of ether oxygens (including phenoxy) is 1. The molecule has 42 heavy (non-hydrogen) atoms. The third kappa shape index (κ3) is 5.31. The first-order chi connectivity index (χ1) is 19.9. The molecule has 1 atom stereocenters. The Morgan fingerprint density at radius 1 is 0.786 bits per heavy atom. The van der Waals surface area contributed by atoms with E-state index in [9.17, 15) is 32.3 Å². The van der Waals surface area contributed by atoms with E-state index >= 15 is 0 Å². The highest BCUT2D eigenvalue weighted by Crippen LogP contribution is 2.39. The Kier molecular flexibility index (Phi) is 7.47. The third-order valence-electron chi connectivity index (χ3n) is 6.99. The lowest BCUT2D eigenvalue weighted by Crippen LogP contribution is -2.30. The molecule has 0 saturated heterocycles. The van der Waals surface area contributed by atoms with Crippen molar-refractivity contribution in [2.24, 2.45) is 0 Å². The van der Waals surface area contributed by atoms with E-state index in [0.29, 0.717) is 22.1 Å². The number of hydrogen-bond donors (Lipinski definition) is 0.